The van der Waals surface area contributed by atoms with Crippen molar-refractivity contribution in [2.45, 2.75) is 19.8 Å². The maximum atomic E-state index is 12.6. The number of aromatic nitrogens is 1. The number of nitrogens with one attached hydrogen (secondary N) is 1. The molecule has 2 aliphatic heterocycles. The minimum Gasteiger partial charge on any atom is -0.486 e. The average molecular weight is 353 g/mol. The van der Waals surface area contributed by atoms with Gasteiger partial charge in [-0.05, 0) is 43.0 Å². The number of hydrogen-bond acceptors (Lipinski definition) is 5. The molecule has 2 aliphatic rings. The molecule has 0 atom stereocenters. The maximum absolute atomic E-state index is 12.6. The van der Waals surface area contributed by atoms with E-state index < -0.39 is 0 Å². The van der Waals surface area contributed by atoms with Gasteiger partial charge in [0.1, 0.15) is 18.9 Å². The van der Waals surface area contributed by atoms with Crippen molar-refractivity contribution in [2.24, 2.45) is 5.92 Å². The van der Waals surface area contributed by atoms with E-state index in [2.05, 4.69) is 22.1 Å². The Labute approximate surface area is 153 Å². The van der Waals surface area contributed by atoms with Crippen LogP contribution in [0.2, 0.25) is 0 Å². The van der Waals surface area contributed by atoms with Crippen LogP contribution in [-0.4, -0.2) is 37.2 Å². The molecule has 1 aromatic carbocycles. The van der Waals surface area contributed by atoms with E-state index in [4.69, 9.17) is 9.47 Å². The summed E-state index contributed by atoms with van der Waals surface area (Å²) in [6.45, 7) is 5.39. The number of carbonyl (C=O) groups is 1. The largest absolute Gasteiger partial charge is 0.486 e. The lowest BCUT2D eigenvalue weighted by molar-refractivity contribution is 0.102. The summed E-state index contributed by atoms with van der Waals surface area (Å²) in [6.07, 6.45) is 4.06. The zero-order valence-corrected chi connectivity index (χ0v) is 14.9. The summed E-state index contributed by atoms with van der Waals surface area (Å²) < 4.78 is 11.1. The number of ether oxygens (including phenoxy) is 2. The molecule has 0 unspecified atom stereocenters. The number of nitrogens with zero attached hydrogens (tertiary/aromatic N) is 2. The Hall–Kier alpha value is -2.76. The predicted molar refractivity (Wildman–Crippen MR) is 100 cm³/mol. The van der Waals surface area contributed by atoms with Crippen molar-refractivity contribution in [1.82, 2.24) is 4.98 Å². The Morgan fingerprint density at radius 3 is 2.69 bits per heavy atom. The van der Waals surface area contributed by atoms with Gasteiger partial charge in [-0.25, -0.2) is 0 Å². The fraction of sp³-hybridized carbons (Fsp3) is 0.400. The van der Waals surface area contributed by atoms with E-state index >= 15 is 0 Å². The first-order chi connectivity index (χ1) is 12.7. The van der Waals surface area contributed by atoms with Gasteiger partial charge in [-0.2, -0.15) is 0 Å². The lowest BCUT2D eigenvalue weighted by Crippen LogP contribution is -2.33. The molecule has 0 bridgehead atoms. The number of amides is 1. The molecule has 1 aromatic heterocycles. The molecular weight excluding hydrogens is 330 g/mol. The van der Waals surface area contributed by atoms with Gasteiger partial charge in [-0.1, -0.05) is 6.92 Å². The lowest BCUT2D eigenvalue weighted by atomic mass is 9.99. The SMILES string of the molecule is CC1CCN(c2ccnc(C(=O)Nc3ccc4c(c3)OCCO4)c2)CC1. The monoisotopic (exact) mass is 353 g/mol. The van der Waals surface area contributed by atoms with Gasteiger partial charge in [0.2, 0.25) is 0 Å². The van der Waals surface area contributed by atoms with Gasteiger partial charge in [0, 0.05) is 36.7 Å². The number of benzene rings is 1. The van der Waals surface area contributed by atoms with Crippen LogP contribution in [0.1, 0.15) is 30.3 Å². The van der Waals surface area contributed by atoms with Crippen molar-refractivity contribution in [3.63, 3.8) is 0 Å². The summed E-state index contributed by atoms with van der Waals surface area (Å²) in [5.41, 5.74) is 2.13. The molecule has 4 rings (SSSR count). The van der Waals surface area contributed by atoms with Crippen molar-refractivity contribution in [2.75, 3.05) is 36.5 Å². The van der Waals surface area contributed by atoms with Crippen molar-refractivity contribution in [3.05, 3.63) is 42.2 Å². The van der Waals surface area contributed by atoms with Gasteiger partial charge >= 0.3 is 0 Å². The third kappa shape index (κ3) is 3.59. The number of carbonyl (C=O) groups excluding carboxylic acids is 1. The zero-order chi connectivity index (χ0) is 17.9. The summed E-state index contributed by atoms with van der Waals surface area (Å²) >= 11 is 0. The van der Waals surface area contributed by atoms with Crippen LogP contribution in [-0.2, 0) is 0 Å². The maximum Gasteiger partial charge on any atom is 0.274 e. The fourth-order valence-corrected chi connectivity index (χ4v) is 3.32. The van der Waals surface area contributed by atoms with Crippen LogP contribution < -0.4 is 19.7 Å². The Morgan fingerprint density at radius 1 is 1.12 bits per heavy atom. The molecule has 26 heavy (non-hydrogen) atoms. The van der Waals surface area contributed by atoms with Gasteiger partial charge in [-0.15, -0.1) is 0 Å². The van der Waals surface area contributed by atoms with E-state index in [0.29, 0.717) is 36.1 Å². The molecule has 136 valence electrons. The first-order valence-corrected chi connectivity index (χ1v) is 9.11. The first-order valence-electron chi connectivity index (χ1n) is 9.11. The third-order valence-electron chi connectivity index (χ3n) is 4.92. The van der Waals surface area contributed by atoms with Crippen LogP contribution in [0.5, 0.6) is 11.5 Å². The molecule has 0 radical (unpaired) electrons. The second-order valence-electron chi connectivity index (χ2n) is 6.88. The molecule has 0 spiro atoms. The van der Waals surface area contributed by atoms with Crippen molar-refractivity contribution >= 4 is 17.3 Å². The molecule has 6 heteroatoms. The third-order valence-corrected chi connectivity index (χ3v) is 4.92. The van der Waals surface area contributed by atoms with Crippen molar-refractivity contribution in [3.8, 4) is 11.5 Å². The Kier molecular flexibility index (Phi) is 4.65. The fourth-order valence-electron chi connectivity index (χ4n) is 3.32. The van der Waals surface area contributed by atoms with Gasteiger partial charge in [0.25, 0.3) is 5.91 Å². The minimum absolute atomic E-state index is 0.228. The molecule has 1 saturated heterocycles. The van der Waals surface area contributed by atoms with Crippen LogP contribution in [0.3, 0.4) is 0 Å². The van der Waals surface area contributed by atoms with Gasteiger partial charge in [0.15, 0.2) is 11.5 Å². The minimum atomic E-state index is -0.228. The van der Waals surface area contributed by atoms with Crippen LogP contribution in [0.25, 0.3) is 0 Å². The lowest BCUT2D eigenvalue weighted by Gasteiger charge is -2.32. The van der Waals surface area contributed by atoms with Crippen LogP contribution in [0, 0.1) is 5.92 Å². The summed E-state index contributed by atoms with van der Waals surface area (Å²) in [7, 11) is 0. The van der Waals surface area contributed by atoms with E-state index in [9.17, 15) is 4.79 Å². The number of piperidine rings is 1. The van der Waals surface area contributed by atoms with E-state index in [0.717, 1.165) is 24.7 Å². The summed E-state index contributed by atoms with van der Waals surface area (Å²) in [4.78, 5) is 19.2. The van der Waals surface area contributed by atoms with E-state index in [-0.39, 0.29) is 5.91 Å². The van der Waals surface area contributed by atoms with Gasteiger partial charge in [-0.3, -0.25) is 9.78 Å². The van der Waals surface area contributed by atoms with Crippen molar-refractivity contribution in [1.29, 1.82) is 0 Å². The molecule has 2 aromatic rings. The number of fused-ring (bicyclic) bond motifs is 1. The highest BCUT2D eigenvalue weighted by Crippen LogP contribution is 2.32. The second-order valence-corrected chi connectivity index (χ2v) is 6.88. The molecule has 1 amide bonds. The van der Waals surface area contributed by atoms with Crippen molar-refractivity contribution < 1.29 is 14.3 Å². The van der Waals surface area contributed by atoms with Gasteiger partial charge in [0.05, 0.1) is 0 Å². The molecule has 6 nitrogen and oxygen atoms in total. The summed E-state index contributed by atoms with van der Waals surface area (Å²) in [5, 5.41) is 2.89. The quantitative estimate of drug-likeness (QED) is 0.917. The number of rotatable bonds is 3. The molecule has 3 heterocycles. The Bertz CT molecular complexity index is 801. The Balaban J connectivity index is 1.47. The van der Waals surface area contributed by atoms with E-state index in [1.54, 1.807) is 18.3 Å². The number of hydrogen-bond donors (Lipinski definition) is 1. The smallest absolute Gasteiger partial charge is 0.274 e. The molecule has 0 aliphatic carbocycles. The summed E-state index contributed by atoms with van der Waals surface area (Å²) in [5.74, 6) is 1.90. The topological polar surface area (TPSA) is 63.7 Å². The Morgan fingerprint density at radius 2 is 1.88 bits per heavy atom. The van der Waals surface area contributed by atoms with Crippen LogP contribution in [0.4, 0.5) is 11.4 Å². The van der Waals surface area contributed by atoms with E-state index in [1.807, 2.05) is 18.2 Å². The number of anilines is 2. The highest BCUT2D eigenvalue weighted by atomic mass is 16.6. The predicted octanol–water partition coefficient (Wildman–Crippen LogP) is 3.34. The first kappa shape index (κ1) is 16.7. The van der Waals surface area contributed by atoms with E-state index in [1.165, 1.54) is 12.8 Å². The molecule has 1 fully saturated rings. The standard InChI is InChI=1S/C20H23N3O3/c1-14-5-8-23(9-6-14)16-4-7-21-17(13-16)20(24)22-15-2-3-18-19(12-15)26-11-10-25-18/h2-4,7,12-14H,5-6,8-11H2,1H3,(H,22,24). The zero-order valence-electron chi connectivity index (χ0n) is 14.9. The average Bonchev–Trinajstić information content (AvgIpc) is 2.68. The van der Waals surface area contributed by atoms with Crippen LogP contribution in [0.15, 0.2) is 36.5 Å². The number of pyridine rings is 1. The molecule has 0 saturated carbocycles. The second kappa shape index (κ2) is 7.23. The highest BCUT2D eigenvalue weighted by molar-refractivity contribution is 6.03. The van der Waals surface area contributed by atoms with Crippen LogP contribution >= 0.6 is 0 Å². The molecule has 1 N–H and O–H groups in total. The normalized spacial score (nSPS) is 17.0. The summed E-state index contributed by atoms with van der Waals surface area (Å²) in [6, 6.07) is 9.23. The van der Waals surface area contributed by atoms with Gasteiger partial charge < -0.3 is 19.7 Å². The molecular formula is C20H23N3O3. The highest BCUT2D eigenvalue weighted by Gasteiger charge is 2.18.